The highest BCUT2D eigenvalue weighted by atomic mass is 16.4. The normalized spacial score (nSPS) is 10.1. The number of hydrogen-bond acceptors (Lipinski definition) is 3. The molecule has 0 atom stereocenters. The van der Waals surface area contributed by atoms with Gasteiger partial charge in [-0.15, -0.1) is 0 Å². The van der Waals surface area contributed by atoms with Crippen molar-refractivity contribution >= 4 is 17.7 Å². The van der Waals surface area contributed by atoms with Crippen molar-refractivity contribution in [3.63, 3.8) is 0 Å². The first kappa shape index (κ1) is 16.0. The molecule has 0 saturated carbocycles. The van der Waals surface area contributed by atoms with Crippen molar-refractivity contribution in [2.24, 2.45) is 0 Å². The van der Waals surface area contributed by atoms with Crippen LogP contribution in [0.5, 0.6) is 0 Å². The van der Waals surface area contributed by atoms with Gasteiger partial charge in [0.2, 0.25) is 0 Å². The summed E-state index contributed by atoms with van der Waals surface area (Å²) in [5.74, 6) is -1.06. The molecule has 4 N–H and O–H groups in total. The molecule has 1 aromatic carbocycles. The summed E-state index contributed by atoms with van der Waals surface area (Å²) < 4.78 is 0. The zero-order valence-corrected chi connectivity index (χ0v) is 11.8. The average Bonchev–Trinajstić information content (AvgIpc) is 2.40. The predicted octanol–water partition coefficient (Wildman–Crippen LogP) is 1.81. The van der Waals surface area contributed by atoms with Crippen molar-refractivity contribution < 1.29 is 14.7 Å². The van der Waals surface area contributed by atoms with Gasteiger partial charge in [-0.05, 0) is 38.1 Å². The van der Waals surface area contributed by atoms with E-state index in [9.17, 15) is 9.59 Å². The third-order valence-electron chi connectivity index (χ3n) is 2.81. The molecular formula is C14H21N3O3. The van der Waals surface area contributed by atoms with Gasteiger partial charge in [-0.1, -0.05) is 19.1 Å². The third kappa shape index (κ3) is 4.89. The number of anilines is 1. The molecule has 0 fully saturated rings. The van der Waals surface area contributed by atoms with Crippen molar-refractivity contribution in [2.45, 2.75) is 20.3 Å². The Labute approximate surface area is 118 Å². The topological polar surface area (TPSA) is 90.5 Å². The van der Waals surface area contributed by atoms with Crippen LogP contribution in [0.15, 0.2) is 18.2 Å². The summed E-state index contributed by atoms with van der Waals surface area (Å²) in [5.41, 5.74) is 1.14. The lowest BCUT2D eigenvalue weighted by atomic mass is 10.1. The van der Waals surface area contributed by atoms with Gasteiger partial charge in [0.05, 0.1) is 11.3 Å². The van der Waals surface area contributed by atoms with Crippen LogP contribution in [0.3, 0.4) is 0 Å². The minimum Gasteiger partial charge on any atom is -0.478 e. The smallest absolute Gasteiger partial charge is 0.337 e. The molecule has 0 unspecified atom stereocenters. The Kier molecular flexibility index (Phi) is 6.52. The van der Waals surface area contributed by atoms with Gasteiger partial charge in [-0.3, -0.25) is 0 Å². The molecule has 6 nitrogen and oxygen atoms in total. The van der Waals surface area contributed by atoms with Gasteiger partial charge in [0.15, 0.2) is 0 Å². The summed E-state index contributed by atoms with van der Waals surface area (Å²) in [5, 5.41) is 17.6. The van der Waals surface area contributed by atoms with E-state index in [0.29, 0.717) is 17.8 Å². The fraction of sp³-hybridized carbons (Fsp3) is 0.429. The largest absolute Gasteiger partial charge is 0.478 e. The van der Waals surface area contributed by atoms with Crippen LogP contribution in [0.2, 0.25) is 0 Å². The Morgan fingerprint density at radius 3 is 2.65 bits per heavy atom. The second kappa shape index (κ2) is 8.16. The van der Waals surface area contributed by atoms with E-state index in [1.165, 1.54) is 6.07 Å². The minimum atomic E-state index is -1.06. The van der Waals surface area contributed by atoms with Gasteiger partial charge >= 0.3 is 12.0 Å². The summed E-state index contributed by atoms with van der Waals surface area (Å²) in [7, 11) is 0. The number of hydrogen-bond donors (Lipinski definition) is 4. The van der Waals surface area contributed by atoms with E-state index < -0.39 is 12.0 Å². The van der Waals surface area contributed by atoms with Crippen molar-refractivity contribution in [3.05, 3.63) is 29.3 Å². The average molecular weight is 279 g/mol. The van der Waals surface area contributed by atoms with Crippen LogP contribution in [0.1, 0.15) is 29.3 Å². The van der Waals surface area contributed by atoms with E-state index in [-0.39, 0.29) is 5.56 Å². The molecule has 1 rings (SSSR count). The maximum absolute atomic E-state index is 11.7. The Morgan fingerprint density at radius 1 is 1.25 bits per heavy atom. The fourth-order valence-corrected chi connectivity index (χ4v) is 1.76. The molecular weight excluding hydrogens is 258 g/mol. The maximum atomic E-state index is 11.7. The maximum Gasteiger partial charge on any atom is 0.337 e. The van der Waals surface area contributed by atoms with Crippen LogP contribution in [0.25, 0.3) is 0 Å². The second-order valence-electron chi connectivity index (χ2n) is 4.39. The number of aromatic carboxylic acids is 1. The molecule has 0 aliphatic carbocycles. The van der Waals surface area contributed by atoms with Crippen LogP contribution in [0, 0.1) is 6.92 Å². The molecule has 0 radical (unpaired) electrons. The second-order valence-corrected chi connectivity index (χ2v) is 4.39. The summed E-state index contributed by atoms with van der Waals surface area (Å²) in [4.78, 5) is 22.8. The quantitative estimate of drug-likeness (QED) is 0.573. The van der Waals surface area contributed by atoms with Gasteiger partial charge in [-0.25, -0.2) is 9.59 Å². The number of carbonyl (C=O) groups is 2. The molecule has 0 aliphatic heterocycles. The van der Waals surface area contributed by atoms with Gasteiger partial charge in [-0.2, -0.15) is 0 Å². The van der Waals surface area contributed by atoms with Crippen molar-refractivity contribution in [2.75, 3.05) is 25.0 Å². The molecule has 20 heavy (non-hydrogen) atoms. The molecule has 0 heterocycles. The predicted molar refractivity (Wildman–Crippen MR) is 78.3 cm³/mol. The molecule has 2 amide bonds. The third-order valence-corrected chi connectivity index (χ3v) is 2.81. The number of carbonyl (C=O) groups excluding carboxylic acids is 1. The molecule has 0 spiro atoms. The fourth-order valence-electron chi connectivity index (χ4n) is 1.76. The lowest BCUT2D eigenvalue weighted by Crippen LogP contribution is -2.32. The van der Waals surface area contributed by atoms with Gasteiger partial charge in [0.1, 0.15) is 0 Å². The van der Waals surface area contributed by atoms with Gasteiger partial charge < -0.3 is 21.1 Å². The summed E-state index contributed by atoms with van der Waals surface area (Å²) in [6, 6.07) is 4.49. The lowest BCUT2D eigenvalue weighted by Gasteiger charge is -2.12. The van der Waals surface area contributed by atoms with Crippen LogP contribution < -0.4 is 16.0 Å². The number of rotatable bonds is 7. The van der Waals surface area contributed by atoms with Crippen molar-refractivity contribution in [1.82, 2.24) is 10.6 Å². The van der Waals surface area contributed by atoms with E-state index in [1.54, 1.807) is 19.1 Å². The first-order valence-electron chi connectivity index (χ1n) is 6.64. The Balaban J connectivity index is 2.55. The number of nitrogens with one attached hydrogen (secondary N) is 3. The standard InChI is InChI=1S/C14H21N3O3/c1-3-15-8-5-9-16-14(20)17-12-10(2)6-4-7-11(12)13(18)19/h4,6-7,15H,3,5,8-9H2,1-2H3,(H,18,19)(H2,16,17,20). The highest BCUT2D eigenvalue weighted by Gasteiger charge is 2.13. The molecule has 1 aromatic rings. The molecule has 110 valence electrons. The number of urea groups is 1. The first-order valence-corrected chi connectivity index (χ1v) is 6.64. The number of para-hydroxylation sites is 1. The summed E-state index contributed by atoms with van der Waals surface area (Å²) in [6.07, 6.45) is 0.820. The molecule has 0 saturated heterocycles. The zero-order valence-electron chi connectivity index (χ0n) is 11.8. The SMILES string of the molecule is CCNCCCNC(=O)Nc1c(C)cccc1C(=O)O. The molecule has 0 bridgehead atoms. The first-order chi connectivity index (χ1) is 9.56. The van der Waals surface area contributed by atoms with E-state index >= 15 is 0 Å². The zero-order chi connectivity index (χ0) is 15.0. The number of aryl methyl sites for hydroxylation is 1. The highest BCUT2D eigenvalue weighted by molar-refractivity contribution is 6.00. The molecule has 6 heteroatoms. The van der Waals surface area contributed by atoms with Crippen LogP contribution in [-0.2, 0) is 0 Å². The van der Waals surface area contributed by atoms with Gasteiger partial charge in [0.25, 0.3) is 0 Å². The Morgan fingerprint density at radius 2 is 2.00 bits per heavy atom. The van der Waals surface area contributed by atoms with Crippen LogP contribution in [-0.4, -0.2) is 36.7 Å². The van der Waals surface area contributed by atoms with Crippen LogP contribution >= 0.6 is 0 Å². The van der Waals surface area contributed by atoms with Crippen LogP contribution in [0.4, 0.5) is 10.5 Å². The molecule has 0 aromatic heterocycles. The van der Waals surface area contributed by atoms with E-state index in [2.05, 4.69) is 16.0 Å². The number of carboxylic acid groups (broad SMARTS) is 1. The Hall–Kier alpha value is -2.08. The summed E-state index contributed by atoms with van der Waals surface area (Å²) >= 11 is 0. The number of carboxylic acids is 1. The lowest BCUT2D eigenvalue weighted by molar-refractivity contribution is 0.0698. The number of benzene rings is 1. The monoisotopic (exact) mass is 279 g/mol. The van der Waals surface area contributed by atoms with Gasteiger partial charge in [0, 0.05) is 6.54 Å². The van der Waals surface area contributed by atoms with Crippen molar-refractivity contribution in [1.29, 1.82) is 0 Å². The minimum absolute atomic E-state index is 0.0906. The van der Waals surface area contributed by atoms with Crippen molar-refractivity contribution in [3.8, 4) is 0 Å². The van der Waals surface area contributed by atoms with E-state index in [4.69, 9.17) is 5.11 Å². The van der Waals surface area contributed by atoms with E-state index in [1.807, 2.05) is 6.92 Å². The van der Waals surface area contributed by atoms with E-state index in [0.717, 1.165) is 19.5 Å². The highest BCUT2D eigenvalue weighted by Crippen LogP contribution is 2.20. The Bertz CT molecular complexity index is 475. The number of amides is 2. The molecule has 0 aliphatic rings. The summed E-state index contributed by atoms with van der Waals surface area (Å²) in [6.45, 7) is 6.05.